The Hall–Kier alpha value is -2.43. The van der Waals surface area contributed by atoms with Gasteiger partial charge in [0.05, 0.1) is 6.54 Å². The van der Waals surface area contributed by atoms with Crippen LogP contribution in [0.1, 0.15) is 24.2 Å². The van der Waals surface area contributed by atoms with Gasteiger partial charge in [0.25, 0.3) is 0 Å². The van der Waals surface area contributed by atoms with Gasteiger partial charge in [-0.3, -0.25) is 4.79 Å². The van der Waals surface area contributed by atoms with Crippen molar-refractivity contribution >= 4 is 5.91 Å². The van der Waals surface area contributed by atoms with Crippen molar-refractivity contribution in [3.05, 3.63) is 66.5 Å². The Morgan fingerprint density at radius 3 is 3.00 bits per heavy atom. The molecular weight excluding hydrogens is 293 g/mol. The molecule has 1 heterocycles. The highest BCUT2D eigenvalue weighted by atomic mass is 19.1. The monoisotopic (exact) mass is 313 g/mol. The molecule has 1 aliphatic carbocycles. The van der Waals surface area contributed by atoms with E-state index >= 15 is 0 Å². The highest BCUT2D eigenvalue weighted by molar-refractivity contribution is 5.81. The molecule has 0 bridgehead atoms. The molecule has 0 atom stereocenters. The summed E-state index contributed by atoms with van der Waals surface area (Å²) in [6.07, 6.45) is 7.25. The Morgan fingerprint density at radius 2 is 2.30 bits per heavy atom. The zero-order chi connectivity index (χ0) is 16.2. The van der Waals surface area contributed by atoms with E-state index in [0.29, 0.717) is 19.6 Å². The molecule has 0 aliphatic heterocycles. The van der Waals surface area contributed by atoms with Crippen LogP contribution in [0.3, 0.4) is 0 Å². The summed E-state index contributed by atoms with van der Waals surface area (Å²) in [5.41, 5.74) is 0.869. The van der Waals surface area contributed by atoms with Crippen LogP contribution in [0.2, 0.25) is 0 Å². The van der Waals surface area contributed by atoms with Crippen LogP contribution in [0.4, 0.5) is 4.39 Å². The van der Waals surface area contributed by atoms with Crippen LogP contribution in [0.15, 0.2) is 49.3 Å². The van der Waals surface area contributed by atoms with E-state index in [0.717, 1.165) is 24.2 Å². The highest BCUT2D eigenvalue weighted by Gasteiger charge is 2.33. The number of amides is 1. The van der Waals surface area contributed by atoms with Crippen molar-refractivity contribution in [3.8, 4) is 0 Å². The van der Waals surface area contributed by atoms with Crippen LogP contribution in [0.5, 0.6) is 0 Å². The molecule has 120 valence electrons. The summed E-state index contributed by atoms with van der Waals surface area (Å²) in [6.45, 7) is 5.23. The number of imidazole rings is 1. The molecule has 4 nitrogen and oxygen atoms in total. The van der Waals surface area contributed by atoms with E-state index in [9.17, 15) is 9.18 Å². The number of benzene rings is 1. The van der Waals surface area contributed by atoms with Gasteiger partial charge >= 0.3 is 0 Å². The van der Waals surface area contributed by atoms with Crippen molar-refractivity contribution < 1.29 is 9.18 Å². The number of hydrogen-bond acceptors (Lipinski definition) is 2. The minimum Gasteiger partial charge on any atom is -0.331 e. The second-order valence-corrected chi connectivity index (χ2v) is 5.88. The average molecular weight is 313 g/mol. The van der Waals surface area contributed by atoms with Crippen LogP contribution in [0.25, 0.3) is 0 Å². The fourth-order valence-electron chi connectivity index (χ4n) is 2.62. The minimum absolute atomic E-state index is 0.168. The molecule has 0 N–H and O–H groups in total. The number of rotatable bonds is 7. The van der Waals surface area contributed by atoms with Crippen molar-refractivity contribution in [2.75, 3.05) is 6.54 Å². The predicted molar refractivity (Wildman–Crippen MR) is 86.1 cm³/mol. The maximum atomic E-state index is 13.3. The first-order chi connectivity index (χ1) is 11.2. The van der Waals surface area contributed by atoms with Gasteiger partial charge in [0.1, 0.15) is 11.6 Å². The Kier molecular flexibility index (Phi) is 4.55. The van der Waals surface area contributed by atoms with Gasteiger partial charge in [0.15, 0.2) is 0 Å². The summed E-state index contributed by atoms with van der Waals surface area (Å²) in [7, 11) is 0. The van der Waals surface area contributed by atoms with E-state index in [1.807, 2.05) is 16.8 Å². The molecule has 1 aromatic carbocycles. The van der Waals surface area contributed by atoms with Crippen molar-refractivity contribution in [2.45, 2.75) is 25.9 Å². The fraction of sp³-hybridized carbons (Fsp3) is 0.333. The van der Waals surface area contributed by atoms with E-state index < -0.39 is 0 Å². The van der Waals surface area contributed by atoms with Crippen LogP contribution >= 0.6 is 0 Å². The molecule has 1 amide bonds. The third-order valence-electron chi connectivity index (χ3n) is 3.96. The number of nitrogens with zero attached hydrogens (tertiary/aromatic N) is 3. The van der Waals surface area contributed by atoms with Gasteiger partial charge in [0, 0.05) is 31.4 Å². The summed E-state index contributed by atoms with van der Waals surface area (Å²) in [4.78, 5) is 18.5. The number of hydrogen-bond donors (Lipinski definition) is 0. The number of carbonyl (C=O) groups excluding carboxylic acids is 1. The maximum absolute atomic E-state index is 13.3. The molecule has 1 fully saturated rings. The number of carbonyl (C=O) groups is 1. The molecule has 0 spiro atoms. The molecule has 3 rings (SSSR count). The van der Waals surface area contributed by atoms with Gasteiger partial charge < -0.3 is 9.47 Å². The molecule has 0 unspecified atom stereocenters. The smallest absolute Gasteiger partial charge is 0.226 e. The summed E-state index contributed by atoms with van der Waals surface area (Å²) < 4.78 is 15.3. The second kappa shape index (κ2) is 6.77. The summed E-state index contributed by atoms with van der Waals surface area (Å²) in [6, 6.07) is 6.52. The lowest BCUT2D eigenvalue weighted by Crippen LogP contribution is -2.33. The largest absolute Gasteiger partial charge is 0.331 e. The van der Waals surface area contributed by atoms with Gasteiger partial charge in [-0.15, -0.1) is 6.58 Å². The fourth-order valence-corrected chi connectivity index (χ4v) is 2.62. The standard InChI is InChI=1S/C18H20FN3O/c1-2-9-22(18(23)15-6-7-15)13-17-20-8-10-21(17)12-14-4-3-5-16(19)11-14/h2-5,8,10-11,15H,1,6-7,9,12-13H2. The van der Waals surface area contributed by atoms with Crippen molar-refractivity contribution in [2.24, 2.45) is 5.92 Å². The van der Waals surface area contributed by atoms with E-state index in [2.05, 4.69) is 11.6 Å². The SMILES string of the molecule is C=CCN(Cc1nccn1Cc1cccc(F)c1)C(=O)C1CC1. The zero-order valence-electron chi connectivity index (χ0n) is 13.0. The van der Waals surface area contributed by atoms with E-state index in [-0.39, 0.29) is 17.6 Å². The predicted octanol–water partition coefficient (Wildman–Crippen LogP) is 3.00. The lowest BCUT2D eigenvalue weighted by Gasteiger charge is -2.21. The second-order valence-electron chi connectivity index (χ2n) is 5.88. The first-order valence-corrected chi connectivity index (χ1v) is 7.81. The summed E-state index contributed by atoms with van der Waals surface area (Å²) >= 11 is 0. The normalized spacial score (nSPS) is 13.8. The molecule has 5 heteroatoms. The van der Waals surface area contributed by atoms with Gasteiger partial charge in [-0.1, -0.05) is 18.2 Å². The molecule has 23 heavy (non-hydrogen) atoms. The Morgan fingerprint density at radius 1 is 1.48 bits per heavy atom. The Bertz CT molecular complexity index is 706. The van der Waals surface area contributed by atoms with Crippen LogP contribution in [-0.2, 0) is 17.9 Å². The number of aromatic nitrogens is 2. The lowest BCUT2D eigenvalue weighted by molar-refractivity contribution is -0.132. The van der Waals surface area contributed by atoms with Crippen LogP contribution in [-0.4, -0.2) is 26.9 Å². The third-order valence-corrected chi connectivity index (χ3v) is 3.96. The van der Waals surface area contributed by atoms with Crippen molar-refractivity contribution in [1.29, 1.82) is 0 Å². The lowest BCUT2D eigenvalue weighted by atomic mass is 10.2. The topological polar surface area (TPSA) is 38.1 Å². The summed E-state index contributed by atoms with van der Waals surface area (Å²) in [5.74, 6) is 0.887. The summed E-state index contributed by atoms with van der Waals surface area (Å²) in [5, 5.41) is 0. The van der Waals surface area contributed by atoms with Crippen molar-refractivity contribution in [1.82, 2.24) is 14.5 Å². The van der Waals surface area contributed by atoms with Gasteiger partial charge in [-0.25, -0.2) is 9.37 Å². The molecule has 0 radical (unpaired) electrons. The molecule has 1 aromatic heterocycles. The van der Waals surface area contributed by atoms with Gasteiger partial charge in [0.2, 0.25) is 5.91 Å². The zero-order valence-corrected chi connectivity index (χ0v) is 13.0. The molecule has 2 aromatic rings. The molecule has 1 aliphatic rings. The van der Waals surface area contributed by atoms with Crippen LogP contribution in [0, 0.1) is 11.7 Å². The van der Waals surface area contributed by atoms with Gasteiger partial charge in [-0.2, -0.15) is 0 Å². The van der Waals surface area contributed by atoms with E-state index in [1.165, 1.54) is 12.1 Å². The maximum Gasteiger partial charge on any atom is 0.226 e. The third kappa shape index (κ3) is 3.86. The first-order valence-electron chi connectivity index (χ1n) is 7.81. The average Bonchev–Trinajstić information content (AvgIpc) is 3.29. The van der Waals surface area contributed by atoms with E-state index in [4.69, 9.17) is 0 Å². The Labute approximate surface area is 135 Å². The molecular formula is C18H20FN3O. The van der Waals surface area contributed by atoms with Crippen LogP contribution < -0.4 is 0 Å². The van der Waals surface area contributed by atoms with Gasteiger partial charge in [-0.05, 0) is 30.5 Å². The van der Waals surface area contributed by atoms with Crippen molar-refractivity contribution in [3.63, 3.8) is 0 Å². The quantitative estimate of drug-likeness (QED) is 0.737. The number of halogens is 1. The minimum atomic E-state index is -0.249. The molecule has 0 saturated heterocycles. The van der Waals surface area contributed by atoms with E-state index in [1.54, 1.807) is 23.2 Å². The first kappa shape index (κ1) is 15.5. The Balaban J connectivity index is 1.74. The highest BCUT2D eigenvalue weighted by Crippen LogP contribution is 2.31. The molecule has 1 saturated carbocycles.